The molecule has 0 aliphatic rings. The molecule has 1 aromatic carbocycles. The van der Waals surface area contributed by atoms with Crippen molar-refractivity contribution < 1.29 is 9.21 Å². The molecule has 24 heavy (non-hydrogen) atoms. The molecule has 1 heterocycles. The van der Waals surface area contributed by atoms with Crippen LogP contribution in [-0.2, 0) is 4.79 Å². The summed E-state index contributed by atoms with van der Waals surface area (Å²) >= 11 is 0. The molecule has 2 N–H and O–H groups in total. The molecule has 2 atom stereocenters. The van der Waals surface area contributed by atoms with E-state index in [4.69, 9.17) is 4.42 Å². The van der Waals surface area contributed by atoms with Crippen molar-refractivity contribution in [3.63, 3.8) is 0 Å². The van der Waals surface area contributed by atoms with Crippen molar-refractivity contribution >= 4 is 5.91 Å². The number of hydrogen-bond acceptors (Lipinski definition) is 4. The van der Waals surface area contributed by atoms with E-state index >= 15 is 0 Å². The molecule has 0 fully saturated rings. The fourth-order valence-electron chi connectivity index (χ4n) is 2.31. The Morgan fingerprint density at radius 1 is 1.25 bits per heavy atom. The van der Waals surface area contributed by atoms with Crippen molar-refractivity contribution in [1.29, 1.82) is 5.26 Å². The summed E-state index contributed by atoms with van der Waals surface area (Å²) in [6.07, 6.45) is 1.61. The number of furan rings is 1. The van der Waals surface area contributed by atoms with Crippen LogP contribution in [0.3, 0.4) is 0 Å². The zero-order valence-electron chi connectivity index (χ0n) is 14.2. The lowest BCUT2D eigenvalue weighted by molar-refractivity contribution is -0.121. The van der Waals surface area contributed by atoms with Crippen LogP contribution in [0.2, 0.25) is 0 Å². The molecule has 0 bridgehead atoms. The van der Waals surface area contributed by atoms with Crippen molar-refractivity contribution in [2.45, 2.75) is 32.4 Å². The third-order valence-electron chi connectivity index (χ3n) is 4.21. The maximum absolute atomic E-state index is 12.3. The summed E-state index contributed by atoms with van der Waals surface area (Å²) in [6.45, 7) is 5.64. The van der Waals surface area contributed by atoms with Crippen LogP contribution < -0.4 is 10.6 Å². The largest absolute Gasteiger partial charge is 0.467 e. The fraction of sp³-hybridized carbons (Fsp3) is 0.368. The molecular formula is C19H23N3O2. The van der Waals surface area contributed by atoms with E-state index in [0.717, 1.165) is 11.3 Å². The van der Waals surface area contributed by atoms with E-state index in [-0.39, 0.29) is 24.4 Å². The second-order valence-corrected chi connectivity index (χ2v) is 6.26. The van der Waals surface area contributed by atoms with E-state index in [1.54, 1.807) is 13.2 Å². The quantitative estimate of drug-likeness (QED) is 0.820. The van der Waals surface area contributed by atoms with Gasteiger partial charge in [-0.2, -0.15) is 5.26 Å². The summed E-state index contributed by atoms with van der Waals surface area (Å²) < 4.78 is 5.50. The number of nitriles is 1. The summed E-state index contributed by atoms with van der Waals surface area (Å²) in [5, 5.41) is 15.3. The Hall–Kier alpha value is -2.58. The first-order chi connectivity index (χ1) is 11.5. The lowest BCUT2D eigenvalue weighted by Gasteiger charge is -2.27. The molecule has 5 nitrogen and oxygen atoms in total. The van der Waals surface area contributed by atoms with Gasteiger partial charge in [-0.15, -0.1) is 0 Å². The molecule has 0 spiro atoms. The van der Waals surface area contributed by atoms with Gasteiger partial charge in [0.1, 0.15) is 11.3 Å². The van der Waals surface area contributed by atoms with E-state index in [1.807, 2.05) is 56.3 Å². The Morgan fingerprint density at radius 3 is 2.50 bits per heavy atom. The van der Waals surface area contributed by atoms with Crippen molar-refractivity contribution in [2.75, 3.05) is 6.54 Å². The lowest BCUT2D eigenvalue weighted by Crippen LogP contribution is -2.51. The summed E-state index contributed by atoms with van der Waals surface area (Å²) in [5.41, 5.74) is 0.123. The van der Waals surface area contributed by atoms with Crippen molar-refractivity contribution in [3.8, 4) is 6.07 Å². The third-order valence-corrected chi connectivity index (χ3v) is 4.21. The summed E-state index contributed by atoms with van der Waals surface area (Å²) in [6, 6.07) is 15.4. The highest BCUT2D eigenvalue weighted by Gasteiger charge is 2.30. The Balaban J connectivity index is 2.07. The summed E-state index contributed by atoms with van der Waals surface area (Å²) in [5.74, 6) is 0.530. The van der Waals surface area contributed by atoms with Crippen LogP contribution in [0.15, 0.2) is 53.1 Å². The molecule has 0 radical (unpaired) electrons. The molecule has 0 saturated carbocycles. The molecule has 2 aromatic rings. The maximum atomic E-state index is 12.3. The van der Waals surface area contributed by atoms with Crippen LogP contribution in [0.25, 0.3) is 0 Å². The first kappa shape index (κ1) is 17.8. The van der Waals surface area contributed by atoms with Crippen LogP contribution in [0.1, 0.15) is 38.1 Å². The molecule has 1 aromatic heterocycles. The average molecular weight is 325 g/mol. The molecule has 0 aliphatic carbocycles. The lowest BCUT2D eigenvalue weighted by atomic mass is 9.90. The van der Waals surface area contributed by atoms with E-state index < -0.39 is 5.54 Å². The highest BCUT2D eigenvalue weighted by molar-refractivity contribution is 5.79. The number of rotatable bonds is 7. The average Bonchev–Trinajstić information content (AvgIpc) is 3.10. The molecule has 5 heteroatoms. The molecule has 0 saturated heterocycles. The SMILES string of the molecule is CC(C)[C@@](C)(C#N)NC(=O)CN[C@@H](c1ccccc1)c1ccco1. The minimum Gasteiger partial charge on any atom is -0.467 e. The number of carbonyl (C=O) groups is 1. The highest BCUT2D eigenvalue weighted by Crippen LogP contribution is 2.22. The van der Waals surface area contributed by atoms with Crippen LogP contribution >= 0.6 is 0 Å². The van der Waals surface area contributed by atoms with Gasteiger partial charge >= 0.3 is 0 Å². The second-order valence-electron chi connectivity index (χ2n) is 6.26. The topological polar surface area (TPSA) is 78.1 Å². The molecule has 0 aliphatic heterocycles. The van der Waals surface area contributed by atoms with Crippen LogP contribution in [-0.4, -0.2) is 18.0 Å². The zero-order valence-corrected chi connectivity index (χ0v) is 14.2. The van der Waals surface area contributed by atoms with E-state index in [2.05, 4.69) is 16.7 Å². The van der Waals surface area contributed by atoms with Gasteiger partial charge in [0.05, 0.1) is 24.9 Å². The van der Waals surface area contributed by atoms with Crippen LogP contribution in [0, 0.1) is 17.2 Å². The molecular weight excluding hydrogens is 302 g/mol. The van der Waals surface area contributed by atoms with Crippen molar-refractivity contribution in [3.05, 3.63) is 60.1 Å². The Morgan fingerprint density at radius 2 is 1.96 bits per heavy atom. The predicted molar refractivity (Wildman–Crippen MR) is 92.0 cm³/mol. The fourth-order valence-corrected chi connectivity index (χ4v) is 2.31. The number of benzene rings is 1. The van der Waals surface area contributed by atoms with Gasteiger partial charge in [-0.1, -0.05) is 44.2 Å². The number of carbonyl (C=O) groups excluding carboxylic acids is 1. The molecule has 126 valence electrons. The number of amides is 1. The minimum atomic E-state index is -0.883. The summed E-state index contributed by atoms with van der Waals surface area (Å²) in [7, 11) is 0. The first-order valence-electron chi connectivity index (χ1n) is 8.00. The maximum Gasteiger partial charge on any atom is 0.235 e. The standard InChI is InChI=1S/C19H23N3O2/c1-14(2)19(3,13-20)22-17(23)12-21-18(16-10-7-11-24-16)15-8-5-4-6-9-15/h4-11,14,18,21H,12H2,1-3H3,(H,22,23)/t18-,19+/m0/s1. The normalized spacial score (nSPS) is 14.6. The molecule has 1 amide bonds. The van der Waals surface area contributed by atoms with Gasteiger partial charge in [0, 0.05) is 0 Å². The zero-order chi connectivity index (χ0) is 17.6. The van der Waals surface area contributed by atoms with E-state index in [1.165, 1.54) is 0 Å². The van der Waals surface area contributed by atoms with Crippen LogP contribution in [0.5, 0.6) is 0 Å². The van der Waals surface area contributed by atoms with Gasteiger partial charge in [0.15, 0.2) is 0 Å². The monoisotopic (exact) mass is 325 g/mol. The van der Waals surface area contributed by atoms with Crippen LogP contribution in [0.4, 0.5) is 0 Å². The predicted octanol–water partition coefficient (Wildman–Crippen LogP) is 3.01. The van der Waals surface area contributed by atoms with E-state index in [0.29, 0.717) is 0 Å². The second kappa shape index (κ2) is 7.80. The van der Waals surface area contributed by atoms with Crippen molar-refractivity contribution in [1.82, 2.24) is 10.6 Å². The van der Waals surface area contributed by atoms with Gasteiger partial charge in [-0.25, -0.2) is 0 Å². The Kier molecular flexibility index (Phi) is 5.78. The molecule has 0 unspecified atom stereocenters. The minimum absolute atomic E-state index is 0.0152. The van der Waals surface area contributed by atoms with E-state index in [9.17, 15) is 10.1 Å². The molecule has 2 rings (SSSR count). The highest BCUT2D eigenvalue weighted by atomic mass is 16.3. The van der Waals surface area contributed by atoms with Gasteiger partial charge in [-0.05, 0) is 30.5 Å². The Labute approximate surface area is 142 Å². The Bertz CT molecular complexity index is 689. The van der Waals surface area contributed by atoms with Crippen molar-refractivity contribution in [2.24, 2.45) is 5.92 Å². The van der Waals surface area contributed by atoms with Gasteiger partial charge in [0.2, 0.25) is 5.91 Å². The number of nitrogens with one attached hydrogen (secondary N) is 2. The summed E-state index contributed by atoms with van der Waals surface area (Å²) in [4.78, 5) is 12.3. The van der Waals surface area contributed by atoms with Gasteiger partial charge < -0.3 is 9.73 Å². The number of hydrogen-bond donors (Lipinski definition) is 2. The first-order valence-corrected chi connectivity index (χ1v) is 8.00. The van der Waals surface area contributed by atoms with Gasteiger partial charge in [0.25, 0.3) is 0 Å². The number of nitrogens with zero attached hydrogens (tertiary/aromatic N) is 1. The smallest absolute Gasteiger partial charge is 0.235 e. The third kappa shape index (κ3) is 4.24. The van der Waals surface area contributed by atoms with Gasteiger partial charge in [-0.3, -0.25) is 10.1 Å².